The minimum absolute atomic E-state index is 0.274. The maximum Gasteiger partial charge on any atom is 0.140 e. The fourth-order valence-corrected chi connectivity index (χ4v) is 3.61. The number of ketones is 1. The fourth-order valence-electron chi connectivity index (χ4n) is 3.18. The van der Waals surface area contributed by atoms with E-state index in [0.29, 0.717) is 24.0 Å². The molecule has 2 unspecified atom stereocenters. The first-order valence-electron chi connectivity index (χ1n) is 6.82. The molecule has 0 saturated heterocycles. The molecule has 2 rings (SSSR count). The van der Waals surface area contributed by atoms with Gasteiger partial charge in [0.2, 0.25) is 0 Å². The molecule has 0 aliphatic heterocycles. The predicted molar refractivity (Wildman–Crippen MR) is 78.5 cm³/mol. The van der Waals surface area contributed by atoms with E-state index in [1.807, 2.05) is 24.3 Å². The van der Waals surface area contributed by atoms with Crippen LogP contribution in [0.2, 0.25) is 0 Å². The molecule has 1 fully saturated rings. The molecule has 0 spiro atoms. The van der Waals surface area contributed by atoms with Crippen molar-refractivity contribution >= 4 is 21.7 Å². The molecule has 2 heteroatoms. The summed E-state index contributed by atoms with van der Waals surface area (Å²) in [4.78, 5) is 12.4. The molecule has 1 aliphatic rings. The van der Waals surface area contributed by atoms with E-state index in [4.69, 9.17) is 0 Å². The molecule has 0 bridgehead atoms. The van der Waals surface area contributed by atoms with Gasteiger partial charge in [0.05, 0.1) is 0 Å². The van der Waals surface area contributed by atoms with Gasteiger partial charge in [-0.25, -0.2) is 0 Å². The molecule has 0 amide bonds. The SMILES string of the molecule is CC1CC(C)CC(C(=O)Cc2ccccc2Br)C1. The summed E-state index contributed by atoms with van der Waals surface area (Å²) in [5, 5.41) is 0. The Morgan fingerprint density at radius 3 is 2.39 bits per heavy atom. The van der Waals surface area contributed by atoms with Crippen molar-refractivity contribution in [2.24, 2.45) is 17.8 Å². The van der Waals surface area contributed by atoms with E-state index in [1.54, 1.807) is 0 Å². The Bertz CT molecular complexity index is 417. The van der Waals surface area contributed by atoms with Crippen LogP contribution in [-0.2, 0) is 11.2 Å². The third-order valence-corrected chi connectivity index (χ3v) is 4.73. The zero-order valence-electron chi connectivity index (χ0n) is 11.2. The van der Waals surface area contributed by atoms with Crippen molar-refractivity contribution < 1.29 is 4.79 Å². The molecule has 1 saturated carbocycles. The topological polar surface area (TPSA) is 17.1 Å². The number of rotatable bonds is 3. The van der Waals surface area contributed by atoms with Crippen LogP contribution in [0.25, 0.3) is 0 Å². The van der Waals surface area contributed by atoms with E-state index in [1.165, 1.54) is 6.42 Å². The van der Waals surface area contributed by atoms with Gasteiger partial charge in [0.15, 0.2) is 0 Å². The lowest BCUT2D eigenvalue weighted by Gasteiger charge is -2.30. The fraction of sp³-hybridized carbons (Fsp3) is 0.562. The summed E-state index contributed by atoms with van der Waals surface area (Å²) >= 11 is 3.52. The van der Waals surface area contributed by atoms with Crippen molar-refractivity contribution in [1.29, 1.82) is 0 Å². The maximum atomic E-state index is 12.4. The van der Waals surface area contributed by atoms with Crippen molar-refractivity contribution in [2.75, 3.05) is 0 Å². The summed E-state index contributed by atoms with van der Waals surface area (Å²) in [6.45, 7) is 4.54. The summed E-state index contributed by atoms with van der Waals surface area (Å²) in [6, 6.07) is 8.04. The van der Waals surface area contributed by atoms with Gasteiger partial charge in [0, 0.05) is 16.8 Å². The standard InChI is InChI=1S/C16H21BrO/c1-11-7-12(2)9-14(8-11)16(18)10-13-5-3-4-6-15(13)17/h3-6,11-12,14H,7-10H2,1-2H3. The lowest BCUT2D eigenvalue weighted by molar-refractivity contribution is -0.124. The Morgan fingerprint density at radius 1 is 1.17 bits per heavy atom. The van der Waals surface area contributed by atoms with Gasteiger partial charge in [-0.2, -0.15) is 0 Å². The predicted octanol–water partition coefficient (Wildman–Crippen LogP) is 4.63. The molecule has 0 radical (unpaired) electrons. The van der Waals surface area contributed by atoms with Gasteiger partial charge in [-0.1, -0.05) is 48.0 Å². The van der Waals surface area contributed by atoms with E-state index in [2.05, 4.69) is 29.8 Å². The third kappa shape index (κ3) is 3.44. The molecule has 1 aromatic rings. The van der Waals surface area contributed by atoms with E-state index < -0.39 is 0 Å². The third-order valence-electron chi connectivity index (χ3n) is 3.96. The highest BCUT2D eigenvalue weighted by Crippen LogP contribution is 2.34. The van der Waals surface area contributed by atoms with Crippen LogP contribution in [0.3, 0.4) is 0 Å². The van der Waals surface area contributed by atoms with Gasteiger partial charge in [-0.15, -0.1) is 0 Å². The van der Waals surface area contributed by atoms with Crippen LogP contribution in [0.4, 0.5) is 0 Å². The Morgan fingerprint density at radius 2 is 1.78 bits per heavy atom. The van der Waals surface area contributed by atoms with Crippen LogP contribution < -0.4 is 0 Å². The van der Waals surface area contributed by atoms with E-state index >= 15 is 0 Å². The first-order valence-corrected chi connectivity index (χ1v) is 7.61. The molecule has 0 N–H and O–H groups in total. The minimum Gasteiger partial charge on any atom is -0.299 e. The summed E-state index contributed by atoms with van der Waals surface area (Å²) in [5.41, 5.74) is 1.12. The number of halogens is 1. The molecular formula is C16H21BrO. The summed E-state index contributed by atoms with van der Waals surface area (Å²) in [7, 11) is 0. The quantitative estimate of drug-likeness (QED) is 0.795. The number of hydrogen-bond donors (Lipinski definition) is 0. The van der Waals surface area contributed by atoms with Crippen molar-refractivity contribution in [2.45, 2.75) is 39.5 Å². The Hall–Kier alpha value is -0.630. The van der Waals surface area contributed by atoms with E-state index in [-0.39, 0.29) is 5.92 Å². The van der Waals surface area contributed by atoms with Gasteiger partial charge < -0.3 is 0 Å². The minimum atomic E-state index is 0.274. The van der Waals surface area contributed by atoms with Crippen molar-refractivity contribution in [3.05, 3.63) is 34.3 Å². The van der Waals surface area contributed by atoms with Gasteiger partial charge in [0.25, 0.3) is 0 Å². The number of hydrogen-bond acceptors (Lipinski definition) is 1. The highest BCUT2D eigenvalue weighted by Gasteiger charge is 2.28. The monoisotopic (exact) mass is 308 g/mol. The van der Waals surface area contributed by atoms with Crippen LogP contribution in [0.1, 0.15) is 38.7 Å². The molecule has 18 heavy (non-hydrogen) atoms. The average molecular weight is 309 g/mol. The number of benzene rings is 1. The zero-order valence-corrected chi connectivity index (χ0v) is 12.7. The van der Waals surface area contributed by atoms with Crippen LogP contribution in [-0.4, -0.2) is 5.78 Å². The number of Topliss-reactive ketones (excluding diaryl/α,β-unsaturated/α-hetero) is 1. The lowest BCUT2D eigenvalue weighted by atomic mass is 9.74. The summed E-state index contributed by atoms with van der Waals surface area (Å²) in [6.07, 6.45) is 4.01. The molecule has 1 aliphatic carbocycles. The van der Waals surface area contributed by atoms with Crippen LogP contribution in [0, 0.1) is 17.8 Å². The number of carbonyl (C=O) groups excluding carboxylic acids is 1. The highest BCUT2D eigenvalue weighted by atomic mass is 79.9. The zero-order chi connectivity index (χ0) is 13.1. The molecular weight excluding hydrogens is 288 g/mol. The second-order valence-electron chi connectivity index (χ2n) is 5.85. The molecule has 2 atom stereocenters. The van der Waals surface area contributed by atoms with Crippen LogP contribution >= 0.6 is 15.9 Å². The highest BCUT2D eigenvalue weighted by molar-refractivity contribution is 9.10. The average Bonchev–Trinajstić information content (AvgIpc) is 2.31. The lowest BCUT2D eigenvalue weighted by Crippen LogP contribution is -2.27. The van der Waals surface area contributed by atoms with Gasteiger partial charge in [0.1, 0.15) is 5.78 Å². The summed E-state index contributed by atoms with van der Waals surface area (Å²) in [5.74, 6) is 2.08. The van der Waals surface area contributed by atoms with E-state index in [9.17, 15) is 4.79 Å². The molecule has 0 aromatic heterocycles. The van der Waals surface area contributed by atoms with Gasteiger partial charge >= 0.3 is 0 Å². The molecule has 1 aromatic carbocycles. The summed E-state index contributed by atoms with van der Waals surface area (Å²) < 4.78 is 1.05. The molecule has 98 valence electrons. The van der Waals surface area contributed by atoms with Crippen molar-refractivity contribution in [3.8, 4) is 0 Å². The maximum absolute atomic E-state index is 12.4. The van der Waals surface area contributed by atoms with E-state index in [0.717, 1.165) is 22.9 Å². The number of carbonyl (C=O) groups is 1. The van der Waals surface area contributed by atoms with Crippen molar-refractivity contribution in [3.63, 3.8) is 0 Å². The first kappa shape index (κ1) is 13.8. The van der Waals surface area contributed by atoms with Gasteiger partial charge in [-0.3, -0.25) is 4.79 Å². The van der Waals surface area contributed by atoms with Crippen LogP contribution in [0.5, 0.6) is 0 Å². The molecule has 1 nitrogen and oxygen atoms in total. The Labute approximate surface area is 118 Å². The Balaban J connectivity index is 2.02. The largest absolute Gasteiger partial charge is 0.299 e. The second-order valence-corrected chi connectivity index (χ2v) is 6.70. The Kier molecular flexibility index (Phi) is 4.60. The first-order chi connectivity index (χ1) is 8.56. The smallest absolute Gasteiger partial charge is 0.140 e. The van der Waals surface area contributed by atoms with Crippen molar-refractivity contribution in [1.82, 2.24) is 0 Å². The normalized spacial score (nSPS) is 28.1. The van der Waals surface area contributed by atoms with Crippen LogP contribution in [0.15, 0.2) is 28.7 Å². The molecule has 0 heterocycles. The second kappa shape index (κ2) is 6.01. The van der Waals surface area contributed by atoms with Gasteiger partial charge in [-0.05, 0) is 42.7 Å².